The second-order valence-electron chi connectivity index (χ2n) is 5.41. The lowest BCUT2D eigenvalue weighted by atomic mass is 9.95. The van der Waals surface area contributed by atoms with Gasteiger partial charge < -0.3 is 9.84 Å². The fourth-order valence-electron chi connectivity index (χ4n) is 2.47. The summed E-state index contributed by atoms with van der Waals surface area (Å²) in [7, 11) is -3.75. The zero-order valence-electron chi connectivity index (χ0n) is 14.1. The molecular formula is C18H21NO5S. The summed E-state index contributed by atoms with van der Waals surface area (Å²) in [6.45, 7) is 3.73. The molecule has 0 fully saturated rings. The minimum atomic E-state index is -3.75. The highest BCUT2D eigenvalue weighted by Crippen LogP contribution is 2.32. The highest BCUT2D eigenvalue weighted by atomic mass is 32.2. The summed E-state index contributed by atoms with van der Waals surface area (Å²) in [4.78, 5) is 12.2. The Hall–Kier alpha value is -2.54. The number of sulfonamides is 1. The number of benzene rings is 2. The molecule has 0 spiro atoms. The van der Waals surface area contributed by atoms with E-state index in [1.165, 1.54) is 30.3 Å². The molecule has 0 heterocycles. The van der Waals surface area contributed by atoms with Crippen LogP contribution in [0.3, 0.4) is 0 Å². The van der Waals surface area contributed by atoms with Crippen LogP contribution in [-0.2, 0) is 19.6 Å². The molecule has 6 nitrogen and oxygen atoms in total. The van der Waals surface area contributed by atoms with Gasteiger partial charge in [0.15, 0.2) is 0 Å². The van der Waals surface area contributed by atoms with Gasteiger partial charge in [0, 0.05) is 11.3 Å². The van der Waals surface area contributed by atoms with E-state index < -0.39 is 21.9 Å². The lowest BCUT2D eigenvalue weighted by molar-refractivity contribution is -0.145. The molecule has 2 rings (SSSR count). The van der Waals surface area contributed by atoms with Gasteiger partial charge in [0.05, 0.1) is 17.4 Å². The predicted octanol–water partition coefficient (Wildman–Crippen LogP) is 3.25. The number of aromatic hydroxyl groups is 1. The molecule has 0 radical (unpaired) electrons. The molecule has 0 aromatic heterocycles. The molecular weight excluding hydrogens is 342 g/mol. The van der Waals surface area contributed by atoms with Crippen molar-refractivity contribution in [2.75, 3.05) is 11.3 Å². The van der Waals surface area contributed by atoms with Crippen molar-refractivity contribution >= 4 is 21.7 Å². The minimum Gasteiger partial charge on any atom is -0.508 e. The Morgan fingerprint density at radius 1 is 1.16 bits per heavy atom. The predicted molar refractivity (Wildman–Crippen MR) is 95.0 cm³/mol. The van der Waals surface area contributed by atoms with Gasteiger partial charge in [-0.25, -0.2) is 8.42 Å². The first-order valence-corrected chi connectivity index (χ1v) is 9.44. The number of nitrogens with one attached hydrogen (secondary N) is 1. The molecule has 0 aliphatic rings. The number of rotatable bonds is 7. The molecule has 0 aliphatic carbocycles. The Morgan fingerprint density at radius 2 is 1.84 bits per heavy atom. The highest BCUT2D eigenvalue weighted by Gasteiger charge is 2.24. The van der Waals surface area contributed by atoms with Crippen molar-refractivity contribution < 1.29 is 23.1 Å². The van der Waals surface area contributed by atoms with Crippen molar-refractivity contribution in [3.05, 3.63) is 54.1 Å². The first-order chi connectivity index (χ1) is 11.9. The van der Waals surface area contributed by atoms with Crippen LogP contribution in [0.15, 0.2) is 53.4 Å². The quantitative estimate of drug-likeness (QED) is 0.582. The van der Waals surface area contributed by atoms with Crippen LogP contribution in [0.4, 0.5) is 5.69 Å². The van der Waals surface area contributed by atoms with E-state index in [1.54, 1.807) is 32.0 Å². The van der Waals surface area contributed by atoms with Gasteiger partial charge in [-0.3, -0.25) is 9.52 Å². The molecule has 0 saturated carbocycles. The molecule has 0 saturated heterocycles. The third-order valence-electron chi connectivity index (χ3n) is 3.69. The Labute approximate surface area is 147 Å². The second-order valence-corrected chi connectivity index (χ2v) is 7.09. The van der Waals surface area contributed by atoms with Gasteiger partial charge in [0.2, 0.25) is 0 Å². The zero-order chi connectivity index (χ0) is 18.4. The molecule has 2 aromatic carbocycles. The largest absolute Gasteiger partial charge is 0.508 e. The maximum Gasteiger partial charge on any atom is 0.313 e. The van der Waals surface area contributed by atoms with Gasteiger partial charge in [-0.05, 0) is 43.7 Å². The molecule has 0 aliphatic heterocycles. The van der Waals surface area contributed by atoms with Crippen molar-refractivity contribution in [1.29, 1.82) is 0 Å². The molecule has 25 heavy (non-hydrogen) atoms. The lowest BCUT2D eigenvalue weighted by Crippen LogP contribution is -2.17. The third kappa shape index (κ3) is 4.51. The monoisotopic (exact) mass is 363 g/mol. The van der Waals surface area contributed by atoms with Crippen molar-refractivity contribution in [2.24, 2.45) is 0 Å². The fourth-order valence-corrected chi connectivity index (χ4v) is 3.54. The van der Waals surface area contributed by atoms with Crippen LogP contribution in [0.1, 0.15) is 31.7 Å². The summed E-state index contributed by atoms with van der Waals surface area (Å²) in [5, 5.41) is 10.1. The average molecular weight is 363 g/mol. The van der Waals surface area contributed by atoms with E-state index in [1.807, 2.05) is 0 Å². The molecule has 7 heteroatoms. The summed E-state index contributed by atoms with van der Waals surface area (Å²) in [6.07, 6.45) is 0.418. The van der Waals surface area contributed by atoms with Crippen molar-refractivity contribution in [2.45, 2.75) is 31.1 Å². The molecule has 0 bridgehead atoms. The number of anilines is 1. The highest BCUT2D eigenvalue weighted by molar-refractivity contribution is 7.92. The molecule has 2 aromatic rings. The summed E-state index contributed by atoms with van der Waals surface area (Å²) in [6, 6.07) is 12.2. The first kappa shape index (κ1) is 18.8. The fraction of sp³-hybridized carbons (Fsp3) is 0.278. The van der Waals surface area contributed by atoms with E-state index in [0.717, 1.165) is 0 Å². The summed E-state index contributed by atoms with van der Waals surface area (Å²) < 4.78 is 32.3. The number of hydrogen-bond donors (Lipinski definition) is 2. The van der Waals surface area contributed by atoms with E-state index in [9.17, 15) is 18.3 Å². The number of hydrogen-bond acceptors (Lipinski definition) is 5. The maximum absolute atomic E-state index is 12.4. The number of carbonyl (C=O) groups is 1. The van der Waals surface area contributed by atoms with Crippen LogP contribution in [-0.4, -0.2) is 26.1 Å². The van der Waals surface area contributed by atoms with Crippen molar-refractivity contribution in [1.82, 2.24) is 0 Å². The standard InChI is InChI=1S/C18H21NO5S/c1-3-15(18(21)24-4-2)16-12-13(10-11-17(16)20)19-25(22,23)14-8-6-5-7-9-14/h5-12,15,19-20H,3-4H2,1-2H3. The summed E-state index contributed by atoms with van der Waals surface area (Å²) in [5.41, 5.74) is 0.591. The smallest absolute Gasteiger partial charge is 0.313 e. The summed E-state index contributed by atoms with van der Waals surface area (Å²) in [5.74, 6) is -1.20. The Balaban J connectivity index is 2.34. The van der Waals surface area contributed by atoms with Crippen LogP contribution in [0.5, 0.6) is 5.75 Å². The Kier molecular flexibility index (Phi) is 6.03. The van der Waals surface area contributed by atoms with E-state index in [4.69, 9.17) is 4.74 Å². The molecule has 1 unspecified atom stereocenters. The van der Waals surface area contributed by atoms with Gasteiger partial charge in [-0.1, -0.05) is 25.1 Å². The SMILES string of the molecule is CCOC(=O)C(CC)c1cc(NS(=O)(=O)c2ccccc2)ccc1O. The number of ether oxygens (including phenoxy) is 1. The topological polar surface area (TPSA) is 92.7 Å². The molecule has 134 valence electrons. The number of esters is 1. The maximum atomic E-state index is 12.4. The Morgan fingerprint density at radius 3 is 2.44 bits per heavy atom. The second kappa shape index (κ2) is 8.02. The number of carbonyl (C=O) groups excluding carboxylic acids is 1. The molecule has 1 atom stereocenters. The van der Waals surface area contributed by atoms with Gasteiger partial charge in [0.25, 0.3) is 10.0 Å². The van der Waals surface area contributed by atoms with E-state index in [0.29, 0.717) is 12.0 Å². The molecule has 0 amide bonds. The normalized spacial score (nSPS) is 12.4. The van der Waals surface area contributed by atoms with Gasteiger partial charge in [-0.2, -0.15) is 0 Å². The molecule has 2 N–H and O–H groups in total. The van der Waals surface area contributed by atoms with Crippen LogP contribution >= 0.6 is 0 Å². The number of phenolic OH excluding ortho intramolecular Hbond substituents is 1. The Bertz CT molecular complexity index is 834. The van der Waals surface area contributed by atoms with E-state index >= 15 is 0 Å². The lowest BCUT2D eigenvalue weighted by Gasteiger charge is -2.17. The van der Waals surface area contributed by atoms with Gasteiger partial charge in [0.1, 0.15) is 5.75 Å². The minimum absolute atomic E-state index is 0.0810. The van der Waals surface area contributed by atoms with Gasteiger partial charge >= 0.3 is 5.97 Å². The van der Waals surface area contributed by atoms with E-state index in [-0.39, 0.29) is 22.9 Å². The first-order valence-electron chi connectivity index (χ1n) is 7.96. The number of phenols is 1. The van der Waals surface area contributed by atoms with Gasteiger partial charge in [-0.15, -0.1) is 0 Å². The van der Waals surface area contributed by atoms with Crippen LogP contribution in [0.2, 0.25) is 0 Å². The van der Waals surface area contributed by atoms with Crippen LogP contribution in [0.25, 0.3) is 0 Å². The average Bonchev–Trinajstić information content (AvgIpc) is 2.59. The van der Waals surface area contributed by atoms with E-state index in [2.05, 4.69) is 4.72 Å². The third-order valence-corrected chi connectivity index (χ3v) is 5.09. The van der Waals surface area contributed by atoms with Crippen LogP contribution in [0, 0.1) is 0 Å². The van der Waals surface area contributed by atoms with Crippen molar-refractivity contribution in [3.63, 3.8) is 0 Å². The van der Waals surface area contributed by atoms with Crippen LogP contribution < -0.4 is 4.72 Å². The van der Waals surface area contributed by atoms with Crippen molar-refractivity contribution in [3.8, 4) is 5.75 Å². The zero-order valence-corrected chi connectivity index (χ0v) is 14.9. The summed E-state index contributed by atoms with van der Waals surface area (Å²) >= 11 is 0.